The van der Waals surface area contributed by atoms with E-state index in [0.29, 0.717) is 0 Å². The number of hydrogen-bond acceptors (Lipinski definition) is 3. The first-order valence-electron chi connectivity index (χ1n) is 3.89. The summed E-state index contributed by atoms with van der Waals surface area (Å²) >= 11 is 1.44. The van der Waals surface area contributed by atoms with E-state index in [-0.39, 0.29) is 5.84 Å². The minimum Gasteiger partial charge on any atom is -0.383 e. The summed E-state index contributed by atoms with van der Waals surface area (Å²) in [6, 6.07) is 0. The quantitative estimate of drug-likeness (QED) is 0.530. The number of nitrogens with one attached hydrogen (secondary N) is 1. The van der Waals surface area contributed by atoms with Gasteiger partial charge in [0.2, 0.25) is 0 Å². The van der Waals surface area contributed by atoms with Crippen molar-refractivity contribution in [3.05, 3.63) is 22.5 Å². The fourth-order valence-electron chi connectivity index (χ4n) is 1.19. The van der Waals surface area contributed by atoms with Crippen LogP contribution in [0.15, 0.2) is 6.20 Å². The van der Waals surface area contributed by atoms with Crippen LogP contribution in [0.5, 0.6) is 0 Å². The minimum atomic E-state index is 0.104. The smallest absolute Gasteiger partial charge is 0.194 e. The van der Waals surface area contributed by atoms with Crippen LogP contribution in [0, 0.1) is 19.3 Å². The maximum Gasteiger partial charge on any atom is 0.194 e. The fourth-order valence-corrected chi connectivity index (χ4v) is 2.12. The molecule has 0 aliphatic carbocycles. The van der Waals surface area contributed by atoms with Crippen LogP contribution in [0.2, 0.25) is 0 Å². The molecule has 0 aliphatic heterocycles. The Kier molecular flexibility index (Phi) is 1.63. The molecule has 2 heterocycles. The highest BCUT2D eigenvalue weighted by Gasteiger charge is 2.09. The maximum absolute atomic E-state index is 7.28. The number of nitrogen functional groups attached to an aromatic ring is 1. The second kappa shape index (κ2) is 2.56. The van der Waals surface area contributed by atoms with Gasteiger partial charge in [0, 0.05) is 11.9 Å². The Balaban J connectivity index is 2.72. The maximum atomic E-state index is 7.28. The van der Waals surface area contributed by atoms with Gasteiger partial charge in [-0.1, -0.05) is 11.3 Å². The van der Waals surface area contributed by atoms with Gasteiger partial charge in [0.15, 0.2) is 4.96 Å². The Morgan fingerprint density at radius 2 is 2.31 bits per heavy atom. The van der Waals surface area contributed by atoms with E-state index in [4.69, 9.17) is 11.1 Å². The van der Waals surface area contributed by atoms with Crippen LogP contribution in [0.25, 0.3) is 4.96 Å². The molecular weight excluding hydrogens is 184 g/mol. The topological polar surface area (TPSA) is 67.2 Å². The van der Waals surface area contributed by atoms with Crippen LogP contribution in [-0.4, -0.2) is 15.2 Å². The first-order chi connectivity index (χ1) is 6.09. The molecular formula is C8H10N4S. The molecule has 0 radical (unpaired) electrons. The lowest BCUT2D eigenvalue weighted by Gasteiger charge is -1.90. The van der Waals surface area contributed by atoms with Crippen molar-refractivity contribution in [2.75, 3.05) is 0 Å². The number of rotatable bonds is 1. The van der Waals surface area contributed by atoms with Gasteiger partial charge in [-0.3, -0.25) is 9.81 Å². The lowest BCUT2D eigenvalue weighted by atomic mass is 10.4. The normalized spacial score (nSPS) is 10.9. The van der Waals surface area contributed by atoms with E-state index in [1.54, 1.807) is 0 Å². The van der Waals surface area contributed by atoms with E-state index in [2.05, 4.69) is 4.98 Å². The average Bonchev–Trinajstić information content (AvgIpc) is 2.55. The summed E-state index contributed by atoms with van der Waals surface area (Å²) in [6.07, 6.45) is 1.86. The van der Waals surface area contributed by atoms with Crippen molar-refractivity contribution in [1.82, 2.24) is 9.38 Å². The van der Waals surface area contributed by atoms with E-state index in [1.165, 1.54) is 11.3 Å². The van der Waals surface area contributed by atoms with Gasteiger partial charge in [-0.2, -0.15) is 0 Å². The number of hydrogen-bond donors (Lipinski definition) is 2. The molecule has 0 atom stereocenters. The summed E-state index contributed by atoms with van der Waals surface area (Å²) in [5.41, 5.74) is 7.52. The highest BCUT2D eigenvalue weighted by Crippen LogP contribution is 2.20. The summed E-state index contributed by atoms with van der Waals surface area (Å²) in [6.45, 7) is 3.98. The Hall–Kier alpha value is -1.36. The van der Waals surface area contributed by atoms with E-state index < -0.39 is 0 Å². The van der Waals surface area contributed by atoms with Crippen LogP contribution in [0.3, 0.4) is 0 Å². The lowest BCUT2D eigenvalue weighted by molar-refractivity contribution is 1.11. The second-order valence-corrected chi connectivity index (χ2v) is 3.95. The summed E-state index contributed by atoms with van der Waals surface area (Å²) in [7, 11) is 0. The van der Waals surface area contributed by atoms with Gasteiger partial charge in [-0.25, -0.2) is 4.98 Å². The second-order valence-electron chi connectivity index (χ2n) is 2.94. The van der Waals surface area contributed by atoms with Gasteiger partial charge in [0.05, 0.1) is 10.6 Å². The molecule has 3 N–H and O–H groups in total. The van der Waals surface area contributed by atoms with Gasteiger partial charge < -0.3 is 5.73 Å². The summed E-state index contributed by atoms with van der Waals surface area (Å²) in [5, 5.41) is 7.28. The van der Waals surface area contributed by atoms with Crippen LogP contribution in [-0.2, 0) is 0 Å². The van der Waals surface area contributed by atoms with Gasteiger partial charge in [0.25, 0.3) is 0 Å². The molecule has 0 fully saturated rings. The van der Waals surface area contributed by atoms with E-state index >= 15 is 0 Å². The van der Waals surface area contributed by atoms with Crippen molar-refractivity contribution in [2.45, 2.75) is 13.8 Å². The molecule has 5 heteroatoms. The zero-order valence-electron chi connectivity index (χ0n) is 7.46. The first-order valence-corrected chi connectivity index (χ1v) is 4.70. The van der Waals surface area contributed by atoms with E-state index in [0.717, 1.165) is 21.2 Å². The molecule has 0 saturated heterocycles. The monoisotopic (exact) mass is 194 g/mol. The van der Waals surface area contributed by atoms with E-state index in [9.17, 15) is 0 Å². The Labute approximate surface area is 79.5 Å². The number of amidine groups is 1. The predicted octanol–water partition coefficient (Wildman–Crippen LogP) is 1.30. The average molecular weight is 194 g/mol. The molecule has 0 unspecified atom stereocenters. The van der Waals surface area contributed by atoms with Crippen LogP contribution in [0.1, 0.15) is 16.3 Å². The SMILES string of the molecule is Cc1nc2sc(C(=N)N)cn2c1C. The first kappa shape index (κ1) is 8.25. The number of thiazole rings is 1. The molecule has 0 spiro atoms. The minimum absolute atomic E-state index is 0.104. The lowest BCUT2D eigenvalue weighted by Crippen LogP contribution is -2.08. The molecule has 0 aliphatic rings. The Morgan fingerprint density at radius 3 is 2.85 bits per heavy atom. The zero-order valence-corrected chi connectivity index (χ0v) is 8.27. The molecule has 13 heavy (non-hydrogen) atoms. The van der Waals surface area contributed by atoms with Crippen molar-refractivity contribution < 1.29 is 0 Å². The number of fused-ring (bicyclic) bond motifs is 1. The summed E-state index contributed by atoms with van der Waals surface area (Å²) < 4.78 is 1.97. The van der Waals surface area contributed by atoms with Gasteiger partial charge >= 0.3 is 0 Å². The molecule has 0 aromatic carbocycles. The van der Waals surface area contributed by atoms with Crippen molar-refractivity contribution in [2.24, 2.45) is 5.73 Å². The molecule has 0 saturated carbocycles. The number of imidazole rings is 1. The van der Waals surface area contributed by atoms with Crippen molar-refractivity contribution >= 4 is 22.1 Å². The third kappa shape index (κ3) is 1.12. The zero-order chi connectivity index (χ0) is 9.59. The summed E-state index contributed by atoms with van der Waals surface area (Å²) in [4.78, 5) is 6.02. The number of aromatic nitrogens is 2. The molecule has 4 nitrogen and oxygen atoms in total. The summed E-state index contributed by atoms with van der Waals surface area (Å²) in [5.74, 6) is 0.104. The van der Waals surface area contributed by atoms with Crippen LogP contribution in [0.4, 0.5) is 0 Å². The van der Waals surface area contributed by atoms with Gasteiger partial charge in [-0.15, -0.1) is 0 Å². The largest absolute Gasteiger partial charge is 0.383 e. The van der Waals surface area contributed by atoms with Crippen LogP contribution >= 0.6 is 11.3 Å². The molecule has 68 valence electrons. The molecule has 2 aromatic heterocycles. The number of nitrogens with zero attached hydrogens (tertiary/aromatic N) is 2. The molecule has 2 rings (SSSR count). The van der Waals surface area contributed by atoms with Gasteiger partial charge in [0.1, 0.15) is 5.84 Å². The third-order valence-electron chi connectivity index (χ3n) is 2.07. The van der Waals surface area contributed by atoms with Crippen molar-refractivity contribution in [1.29, 1.82) is 5.41 Å². The van der Waals surface area contributed by atoms with Crippen molar-refractivity contribution in [3.8, 4) is 0 Å². The van der Waals surface area contributed by atoms with Crippen molar-refractivity contribution in [3.63, 3.8) is 0 Å². The van der Waals surface area contributed by atoms with Crippen LogP contribution < -0.4 is 5.73 Å². The third-order valence-corrected chi connectivity index (χ3v) is 3.08. The Morgan fingerprint density at radius 1 is 1.62 bits per heavy atom. The highest BCUT2D eigenvalue weighted by atomic mass is 32.1. The molecule has 2 aromatic rings. The standard InChI is InChI=1S/C8H10N4S/c1-4-5(2)12-3-6(7(9)10)13-8(12)11-4/h3H,1-2H3,(H3,9,10). The fraction of sp³-hybridized carbons (Fsp3) is 0.250. The molecule has 0 amide bonds. The number of aryl methyl sites for hydroxylation is 2. The number of nitrogens with two attached hydrogens (primary N) is 1. The highest BCUT2D eigenvalue weighted by molar-refractivity contribution is 7.18. The van der Waals surface area contributed by atoms with E-state index in [1.807, 2.05) is 24.4 Å². The Bertz CT molecular complexity index is 480. The predicted molar refractivity (Wildman–Crippen MR) is 53.6 cm³/mol. The molecule has 0 bridgehead atoms. The van der Waals surface area contributed by atoms with Gasteiger partial charge in [-0.05, 0) is 13.8 Å².